The normalized spacial score (nSPS) is 17.2. The molecular formula is C27H32N2O5. The smallest absolute Gasteiger partial charge is 0.407 e. The second-order valence-electron chi connectivity index (χ2n) is 9.54. The van der Waals surface area contributed by atoms with Crippen molar-refractivity contribution in [3.63, 3.8) is 0 Å². The first-order valence-corrected chi connectivity index (χ1v) is 12.0. The standard InChI is InChI=1S/C27H32N2O5/c1-18(25(32)28-17-27(15-24(30)31)13-7-2-8-14-27)29-26(33)34-16-23-21-11-5-3-9-19(21)20-10-4-6-12-22(20)23/h3-6,9-12,18,23H,2,7-8,13-17H2,1H3,(H,28,32)(H,29,33)(H,30,31)/t18-/m0/s1. The highest BCUT2D eigenvalue weighted by molar-refractivity contribution is 5.85. The summed E-state index contributed by atoms with van der Waals surface area (Å²) in [5.74, 6) is -1.24. The van der Waals surface area contributed by atoms with E-state index >= 15 is 0 Å². The summed E-state index contributed by atoms with van der Waals surface area (Å²) in [6, 6.07) is 15.4. The van der Waals surface area contributed by atoms with Crippen molar-refractivity contribution in [3.05, 3.63) is 59.7 Å². The van der Waals surface area contributed by atoms with Crippen molar-refractivity contribution in [3.8, 4) is 11.1 Å². The van der Waals surface area contributed by atoms with E-state index in [1.807, 2.05) is 24.3 Å². The summed E-state index contributed by atoms with van der Waals surface area (Å²) < 4.78 is 5.52. The van der Waals surface area contributed by atoms with Crippen LogP contribution in [0.15, 0.2) is 48.5 Å². The highest BCUT2D eigenvalue weighted by atomic mass is 16.5. The predicted molar refractivity (Wildman–Crippen MR) is 128 cm³/mol. The van der Waals surface area contributed by atoms with Gasteiger partial charge in [0.2, 0.25) is 5.91 Å². The molecule has 1 atom stereocenters. The molecule has 7 heteroatoms. The van der Waals surface area contributed by atoms with E-state index < -0.39 is 23.5 Å². The van der Waals surface area contributed by atoms with Crippen LogP contribution >= 0.6 is 0 Å². The highest BCUT2D eigenvalue weighted by Crippen LogP contribution is 2.44. The van der Waals surface area contributed by atoms with E-state index in [1.165, 1.54) is 0 Å². The fourth-order valence-electron chi connectivity index (χ4n) is 5.35. The van der Waals surface area contributed by atoms with Gasteiger partial charge in [0.25, 0.3) is 0 Å². The van der Waals surface area contributed by atoms with Crippen LogP contribution in [-0.4, -0.2) is 42.3 Å². The van der Waals surface area contributed by atoms with Gasteiger partial charge in [0.05, 0.1) is 6.42 Å². The lowest BCUT2D eigenvalue weighted by atomic mass is 9.71. The van der Waals surface area contributed by atoms with Crippen LogP contribution in [0.5, 0.6) is 0 Å². The van der Waals surface area contributed by atoms with Gasteiger partial charge in [-0.15, -0.1) is 0 Å². The third-order valence-corrected chi connectivity index (χ3v) is 7.15. The first kappa shape index (κ1) is 23.8. The number of hydrogen-bond acceptors (Lipinski definition) is 4. The minimum atomic E-state index is -0.846. The molecule has 0 saturated heterocycles. The van der Waals surface area contributed by atoms with E-state index in [0.29, 0.717) is 6.54 Å². The number of carboxylic acids is 1. The van der Waals surface area contributed by atoms with E-state index in [0.717, 1.165) is 54.4 Å². The molecule has 0 aromatic heterocycles. The summed E-state index contributed by atoms with van der Waals surface area (Å²) in [7, 11) is 0. The van der Waals surface area contributed by atoms with Crippen molar-refractivity contribution in [2.75, 3.05) is 13.2 Å². The van der Waals surface area contributed by atoms with Gasteiger partial charge in [0.15, 0.2) is 0 Å². The lowest BCUT2D eigenvalue weighted by Crippen LogP contribution is -2.48. The third-order valence-electron chi connectivity index (χ3n) is 7.15. The van der Waals surface area contributed by atoms with Gasteiger partial charge in [-0.1, -0.05) is 67.8 Å². The monoisotopic (exact) mass is 464 g/mol. The Balaban J connectivity index is 1.30. The highest BCUT2D eigenvalue weighted by Gasteiger charge is 2.35. The number of carboxylic acid groups (broad SMARTS) is 1. The summed E-state index contributed by atoms with van der Waals surface area (Å²) in [6.45, 7) is 2.08. The molecular weight excluding hydrogens is 432 g/mol. The first-order chi connectivity index (χ1) is 16.4. The number of amides is 2. The molecule has 2 aliphatic rings. The maximum atomic E-state index is 12.6. The molecule has 1 saturated carbocycles. The van der Waals surface area contributed by atoms with Crippen molar-refractivity contribution in [1.82, 2.24) is 10.6 Å². The Bertz CT molecular complexity index is 1010. The van der Waals surface area contributed by atoms with Crippen molar-refractivity contribution in [1.29, 1.82) is 0 Å². The number of carbonyl (C=O) groups excluding carboxylic acids is 2. The van der Waals surface area contributed by atoms with Gasteiger partial charge in [0.1, 0.15) is 12.6 Å². The fourth-order valence-corrected chi connectivity index (χ4v) is 5.35. The maximum absolute atomic E-state index is 12.6. The fraction of sp³-hybridized carbons (Fsp3) is 0.444. The molecule has 2 amide bonds. The van der Waals surface area contributed by atoms with Crippen molar-refractivity contribution >= 4 is 18.0 Å². The van der Waals surface area contributed by atoms with E-state index in [4.69, 9.17) is 4.74 Å². The van der Waals surface area contributed by atoms with Crippen molar-refractivity contribution in [2.24, 2.45) is 5.41 Å². The van der Waals surface area contributed by atoms with Crippen molar-refractivity contribution < 1.29 is 24.2 Å². The Morgan fingerprint density at radius 1 is 1.00 bits per heavy atom. The van der Waals surface area contributed by atoms with Gasteiger partial charge >= 0.3 is 12.1 Å². The predicted octanol–water partition coefficient (Wildman–Crippen LogP) is 4.46. The third kappa shape index (κ3) is 5.24. The molecule has 0 aliphatic heterocycles. The number of carbonyl (C=O) groups is 3. The zero-order valence-corrected chi connectivity index (χ0v) is 19.5. The summed E-state index contributed by atoms with van der Waals surface area (Å²) in [5.41, 5.74) is 4.14. The van der Waals surface area contributed by atoms with Crippen LogP contribution in [0.4, 0.5) is 4.79 Å². The molecule has 34 heavy (non-hydrogen) atoms. The van der Waals surface area contributed by atoms with E-state index in [-0.39, 0.29) is 24.9 Å². The number of ether oxygens (including phenoxy) is 1. The molecule has 0 spiro atoms. The van der Waals surface area contributed by atoms with Crippen LogP contribution < -0.4 is 10.6 Å². The van der Waals surface area contributed by atoms with Crippen LogP contribution in [-0.2, 0) is 14.3 Å². The molecule has 7 nitrogen and oxygen atoms in total. The zero-order valence-electron chi connectivity index (χ0n) is 19.5. The number of nitrogens with one attached hydrogen (secondary N) is 2. The minimum absolute atomic E-state index is 0.0431. The van der Waals surface area contributed by atoms with Crippen LogP contribution in [0.2, 0.25) is 0 Å². The first-order valence-electron chi connectivity index (χ1n) is 12.0. The molecule has 1 fully saturated rings. The second-order valence-corrected chi connectivity index (χ2v) is 9.54. The van der Waals surface area contributed by atoms with Gasteiger partial charge in [0, 0.05) is 12.5 Å². The molecule has 3 N–H and O–H groups in total. The number of fused-ring (bicyclic) bond motifs is 3. The Kier molecular flexibility index (Phi) is 7.20. The minimum Gasteiger partial charge on any atom is -0.481 e. The van der Waals surface area contributed by atoms with E-state index in [1.54, 1.807) is 6.92 Å². The van der Waals surface area contributed by atoms with Gasteiger partial charge in [-0.05, 0) is 47.4 Å². The van der Waals surface area contributed by atoms with Crippen LogP contribution in [0, 0.1) is 5.41 Å². The maximum Gasteiger partial charge on any atom is 0.407 e. The van der Waals surface area contributed by atoms with Crippen molar-refractivity contribution in [2.45, 2.75) is 57.4 Å². The average molecular weight is 465 g/mol. The van der Waals surface area contributed by atoms with Gasteiger partial charge < -0.3 is 20.5 Å². The molecule has 2 aromatic carbocycles. The molecule has 2 aromatic rings. The van der Waals surface area contributed by atoms with Gasteiger partial charge in [-0.25, -0.2) is 4.79 Å². The molecule has 180 valence electrons. The topological polar surface area (TPSA) is 105 Å². The molecule has 0 heterocycles. The summed E-state index contributed by atoms with van der Waals surface area (Å²) in [6.07, 6.45) is 3.99. The summed E-state index contributed by atoms with van der Waals surface area (Å²) in [4.78, 5) is 36.4. The SMILES string of the molecule is C[C@H](NC(=O)OCC1c2ccccc2-c2ccccc21)C(=O)NCC1(CC(=O)O)CCCCC1. The second kappa shape index (κ2) is 10.3. The lowest BCUT2D eigenvalue weighted by Gasteiger charge is -2.36. The Labute approximate surface area is 199 Å². The molecule has 4 rings (SSSR count). The molecule has 0 radical (unpaired) electrons. The molecule has 2 aliphatic carbocycles. The zero-order chi connectivity index (χ0) is 24.1. The van der Waals surface area contributed by atoms with E-state index in [9.17, 15) is 19.5 Å². The van der Waals surface area contributed by atoms with Gasteiger partial charge in [-0.3, -0.25) is 9.59 Å². The number of benzene rings is 2. The summed E-state index contributed by atoms with van der Waals surface area (Å²) in [5, 5.41) is 14.8. The molecule has 0 unspecified atom stereocenters. The Morgan fingerprint density at radius 2 is 1.59 bits per heavy atom. The number of alkyl carbamates (subject to hydrolysis) is 1. The quantitative estimate of drug-likeness (QED) is 0.535. The Hall–Kier alpha value is -3.35. The van der Waals surface area contributed by atoms with E-state index in [2.05, 4.69) is 34.9 Å². The number of rotatable bonds is 8. The largest absolute Gasteiger partial charge is 0.481 e. The lowest BCUT2D eigenvalue weighted by molar-refractivity contribution is -0.140. The Morgan fingerprint density at radius 3 is 2.18 bits per heavy atom. The molecule has 0 bridgehead atoms. The van der Waals surface area contributed by atoms with Crippen LogP contribution in [0.1, 0.15) is 62.5 Å². The number of aliphatic carboxylic acids is 1. The average Bonchev–Trinajstić information content (AvgIpc) is 3.15. The van der Waals surface area contributed by atoms with Crippen LogP contribution in [0.3, 0.4) is 0 Å². The van der Waals surface area contributed by atoms with Crippen LogP contribution in [0.25, 0.3) is 11.1 Å². The number of hydrogen-bond donors (Lipinski definition) is 3. The summed E-state index contributed by atoms with van der Waals surface area (Å²) >= 11 is 0. The van der Waals surface area contributed by atoms with Gasteiger partial charge in [-0.2, -0.15) is 0 Å².